The first-order valence-electron chi connectivity index (χ1n) is 6.12. The predicted octanol–water partition coefficient (Wildman–Crippen LogP) is 6.96. The van der Waals surface area contributed by atoms with Gasteiger partial charge in [0.05, 0.1) is 20.1 Å². The van der Waals surface area contributed by atoms with Crippen molar-refractivity contribution >= 4 is 126 Å². The first-order chi connectivity index (χ1) is 11.6. The van der Waals surface area contributed by atoms with Gasteiger partial charge in [0.15, 0.2) is 5.75 Å². The number of alkyl halides is 1. The fourth-order valence-electron chi connectivity index (χ4n) is 1.65. The Morgan fingerprint density at radius 1 is 0.923 bits per heavy atom. The zero-order valence-corrected chi connectivity index (χ0v) is 20.8. The van der Waals surface area contributed by atoms with Gasteiger partial charge in [0.25, 0.3) is 0 Å². The molecule has 0 unspecified atom stereocenters. The van der Waals surface area contributed by atoms with Crippen molar-refractivity contribution in [2.24, 2.45) is 0 Å². The summed E-state index contributed by atoms with van der Waals surface area (Å²) in [4.78, 5) is 0. The van der Waals surface area contributed by atoms with E-state index < -0.39 is 15.2 Å². The molecule has 4 nitrogen and oxygen atoms in total. The van der Waals surface area contributed by atoms with Gasteiger partial charge in [0.2, 0.25) is 10.0 Å². The third-order valence-electron chi connectivity index (χ3n) is 2.73. The quantitative estimate of drug-likeness (QED) is 0.198. The van der Waals surface area contributed by atoms with Crippen molar-refractivity contribution in [3.63, 3.8) is 0 Å². The summed E-state index contributed by atoms with van der Waals surface area (Å²) in [5, 5.41) is -0.880. The normalized spacial score (nSPS) is 11.0. The molecule has 0 amide bonds. The molecule has 0 aliphatic carbocycles. The first-order valence-corrected chi connectivity index (χ1v) is 10.6. The standard InChI is InChI=1S/C13H6Cl7NO3S.Na/c14-4-25(22,23)21-12-10(19)8(17)9(18)11(20)13(12)24-7-2-1-5(15)3-6(7)16;/h1-3,21H,4H2;. The molecule has 0 heterocycles. The molecule has 26 heavy (non-hydrogen) atoms. The molecule has 0 aliphatic rings. The van der Waals surface area contributed by atoms with Crippen LogP contribution in [0.1, 0.15) is 0 Å². The van der Waals surface area contributed by atoms with Crippen LogP contribution in [0, 0.1) is 0 Å². The molecule has 1 N–H and O–H groups in total. The average molecular weight is 527 g/mol. The molecule has 1 radical (unpaired) electrons. The van der Waals surface area contributed by atoms with Gasteiger partial charge in [0.1, 0.15) is 21.7 Å². The molecule has 0 spiro atoms. The van der Waals surface area contributed by atoms with Crippen molar-refractivity contribution in [1.29, 1.82) is 0 Å². The maximum atomic E-state index is 11.8. The summed E-state index contributed by atoms with van der Waals surface area (Å²) in [5.41, 5.74) is -0.229. The summed E-state index contributed by atoms with van der Waals surface area (Å²) < 4.78 is 31.4. The second-order valence-corrected chi connectivity index (χ2v) is 9.12. The van der Waals surface area contributed by atoms with Gasteiger partial charge in [-0.2, -0.15) is 0 Å². The number of halogens is 7. The van der Waals surface area contributed by atoms with Crippen molar-refractivity contribution in [3.05, 3.63) is 48.3 Å². The molecule has 0 saturated carbocycles. The van der Waals surface area contributed by atoms with Gasteiger partial charge in [-0.1, -0.05) is 69.6 Å². The van der Waals surface area contributed by atoms with E-state index in [0.717, 1.165) is 0 Å². The first kappa shape index (κ1) is 25.1. The van der Waals surface area contributed by atoms with Crippen LogP contribution in [0.4, 0.5) is 5.69 Å². The molecule has 2 rings (SSSR count). The van der Waals surface area contributed by atoms with E-state index in [4.69, 9.17) is 85.9 Å². The Kier molecular flexibility index (Phi) is 9.80. The molecule has 0 saturated heterocycles. The number of hydrogen-bond acceptors (Lipinski definition) is 3. The van der Waals surface area contributed by atoms with Crippen LogP contribution in [0.5, 0.6) is 11.5 Å². The molecular formula is C13H6Cl7NNaO3S. The Labute approximate surface area is 207 Å². The number of rotatable bonds is 5. The van der Waals surface area contributed by atoms with E-state index >= 15 is 0 Å². The summed E-state index contributed by atoms with van der Waals surface area (Å²) in [6.45, 7) is 0. The summed E-state index contributed by atoms with van der Waals surface area (Å²) >= 11 is 41.5. The Bertz CT molecular complexity index is 940. The van der Waals surface area contributed by atoms with Crippen molar-refractivity contribution in [1.82, 2.24) is 0 Å². The fourth-order valence-corrected chi connectivity index (χ4v) is 3.80. The predicted molar refractivity (Wildman–Crippen MR) is 112 cm³/mol. The largest absolute Gasteiger partial charge is 0.452 e. The van der Waals surface area contributed by atoms with Crippen LogP contribution < -0.4 is 9.46 Å². The van der Waals surface area contributed by atoms with Crippen LogP contribution in [-0.2, 0) is 10.0 Å². The summed E-state index contributed by atoms with van der Waals surface area (Å²) in [6, 6.07) is 4.39. The molecule has 137 valence electrons. The molecule has 0 bridgehead atoms. The molecule has 0 fully saturated rings. The zero-order valence-electron chi connectivity index (χ0n) is 12.7. The second kappa shape index (κ2) is 10.2. The van der Waals surface area contributed by atoms with Gasteiger partial charge in [-0.15, -0.1) is 11.6 Å². The van der Waals surface area contributed by atoms with Crippen molar-refractivity contribution in [3.8, 4) is 11.5 Å². The molecule has 0 atom stereocenters. The van der Waals surface area contributed by atoms with Crippen LogP contribution in [0.25, 0.3) is 0 Å². The summed E-state index contributed by atoms with van der Waals surface area (Å²) in [5.74, 6) is -0.0623. The smallest absolute Gasteiger partial charge is 0.246 e. The van der Waals surface area contributed by atoms with Crippen LogP contribution >= 0.6 is 81.2 Å². The maximum absolute atomic E-state index is 11.8. The van der Waals surface area contributed by atoms with Crippen molar-refractivity contribution < 1.29 is 13.2 Å². The van der Waals surface area contributed by atoms with Crippen LogP contribution in [0.3, 0.4) is 0 Å². The second-order valence-electron chi connectivity index (χ2n) is 4.46. The summed E-state index contributed by atoms with van der Waals surface area (Å²) in [7, 11) is -3.94. The van der Waals surface area contributed by atoms with E-state index in [-0.39, 0.29) is 71.9 Å². The molecular weight excluding hydrogens is 521 g/mol. The molecule has 2 aromatic rings. The van der Waals surface area contributed by atoms with E-state index in [2.05, 4.69) is 4.72 Å². The third kappa shape index (κ3) is 5.77. The van der Waals surface area contributed by atoms with Gasteiger partial charge < -0.3 is 4.74 Å². The van der Waals surface area contributed by atoms with Gasteiger partial charge in [-0.05, 0) is 18.2 Å². The maximum Gasteiger partial charge on any atom is 0.246 e. The van der Waals surface area contributed by atoms with Crippen LogP contribution in [0.15, 0.2) is 18.2 Å². The monoisotopic (exact) mass is 524 g/mol. The van der Waals surface area contributed by atoms with E-state index in [1.54, 1.807) is 0 Å². The fraction of sp³-hybridized carbons (Fsp3) is 0.0769. The van der Waals surface area contributed by atoms with E-state index in [1.165, 1.54) is 18.2 Å². The Hall–Kier alpha value is 1.02. The van der Waals surface area contributed by atoms with E-state index in [9.17, 15) is 8.42 Å². The number of ether oxygens (including phenoxy) is 1. The SMILES string of the molecule is O=S(=O)(CCl)Nc1c(Cl)c(Cl)c(Cl)c(Cl)c1Oc1ccc(Cl)cc1Cl.[Na]. The van der Waals surface area contributed by atoms with Gasteiger partial charge in [0, 0.05) is 34.6 Å². The Morgan fingerprint density at radius 3 is 2.04 bits per heavy atom. The number of hydrogen-bond donors (Lipinski definition) is 1. The van der Waals surface area contributed by atoms with Crippen molar-refractivity contribution in [2.45, 2.75) is 0 Å². The van der Waals surface area contributed by atoms with E-state index in [0.29, 0.717) is 5.02 Å². The topological polar surface area (TPSA) is 55.4 Å². The minimum Gasteiger partial charge on any atom is -0.452 e. The van der Waals surface area contributed by atoms with Gasteiger partial charge in [-0.3, -0.25) is 4.72 Å². The van der Waals surface area contributed by atoms with Gasteiger partial charge >= 0.3 is 0 Å². The Balaban J connectivity index is 0.00000338. The molecule has 13 heteroatoms. The minimum atomic E-state index is -3.94. The average Bonchev–Trinajstić information content (AvgIpc) is 2.56. The number of benzene rings is 2. The zero-order chi connectivity index (χ0) is 18.9. The number of anilines is 1. The van der Waals surface area contributed by atoms with Gasteiger partial charge in [-0.25, -0.2) is 8.42 Å². The van der Waals surface area contributed by atoms with Crippen LogP contribution in [0.2, 0.25) is 30.1 Å². The molecule has 0 aromatic heterocycles. The number of nitrogens with one attached hydrogen (secondary N) is 1. The summed E-state index contributed by atoms with van der Waals surface area (Å²) in [6.07, 6.45) is 0. The third-order valence-corrected chi connectivity index (χ3v) is 6.71. The Morgan fingerprint density at radius 2 is 1.50 bits per heavy atom. The number of sulfonamides is 1. The molecule has 0 aliphatic heterocycles. The van der Waals surface area contributed by atoms with E-state index in [1.807, 2.05) is 0 Å². The van der Waals surface area contributed by atoms with Crippen molar-refractivity contribution in [2.75, 3.05) is 9.93 Å². The van der Waals surface area contributed by atoms with Crippen LogP contribution in [-0.4, -0.2) is 43.2 Å². The molecule has 2 aromatic carbocycles. The minimum absolute atomic E-state index is 0.